The lowest BCUT2D eigenvalue weighted by Gasteiger charge is -2.11. The van der Waals surface area contributed by atoms with Crippen molar-refractivity contribution in [1.29, 1.82) is 0 Å². The van der Waals surface area contributed by atoms with Crippen LogP contribution in [0.2, 0.25) is 0 Å². The van der Waals surface area contributed by atoms with E-state index in [4.69, 9.17) is 0 Å². The van der Waals surface area contributed by atoms with Crippen LogP contribution >= 0.6 is 0 Å². The number of carbonyl (C=O) groups is 1. The van der Waals surface area contributed by atoms with Crippen LogP contribution in [0.1, 0.15) is 55.6 Å². The Morgan fingerprint density at radius 3 is 2.78 bits per heavy atom. The molecule has 2 N–H and O–H groups in total. The summed E-state index contributed by atoms with van der Waals surface area (Å²) < 4.78 is 16.5. The number of nitrogens with zero attached hydrogens (tertiary/aromatic N) is 5. The number of aromatic amines is 1. The molecular weight excluding hydrogens is 409 g/mol. The highest BCUT2D eigenvalue weighted by Crippen LogP contribution is 2.39. The summed E-state index contributed by atoms with van der Waals surface area (Å²) >= 11 is 0. The Labute approximate surface area is 186 Å². The third kappa shape index (κ3) is 4.41. The molecule has 32 heavy (non-hydrogen) atoms. The summed E-state index contributed by atoms with van der Waals surface area (Å²) in [6, 6.07) is 7.99. The molecule has 5 rings (SSSR count). The zero-order valence-corrected chi connectivity index (χ0v) is 18.1. The van der Waals surface area contributed by atoms with Crippen molar-refractivity contribution in [3.63, 3.8) is 0 Å². The lowest BCUT2D eigenvalue weighted by molar-refractivity contribution is 0.102. The standard InChI is InChI=1S/C21H18FN7O.C2H6.H2/c1-12-7-15(22)14(8-18(12)29-9-17(24-11-29)13-5-6-13)21(30)27-19-4-2-3-16(26-19)20-23-10-25-28-20;1-2;/h2-4,7-11,13H,5-6H2,1H3,(H,23,25,28)(H,26,27,30);1-2H3;1H. The molecule has 3 aromatic heterocycles. The number of pyridine rings is 1. The molecule has 1 amide bonds. The van der Waals surface area contributed by atoms with Gasteiger partial charge in [0.1, 0.15) is 23.7 Å². The summed E-state index contributed by atoms with van der Waals surface area (Å²) in [6.45, 7) is 5.80. The Morgan fingerprint density at radius 1 is 1.25 bits per heavy atom. The Kier molecular flexibility index (Phi) is 6.07. The first-order chi connectivity index (χ1) is 15.6. The molecule has 1 aliphatic rings. The van der Waals surface area contributed by atoms with Gasteiger partial charge in [-0.15, -0.1) is 0 Å². The quantitative estimate of drug-likeness (QED) is 0.464. The Morgan fingerprint density at radius 2 is 2.06 bits per heavy atom. The van der Waals surface area contributed by atoms with E-state index in [9.17, 15) is 9.18 Å². The average Bonchev–Trinajstić information content (AvgIpc) is 3.28. The van der Waals surface area contributed by atoms with Crippen molar-refractivity contribution in [2.75, 3.05) is 5.32 Å². The second kappa shape index (κ2) is 9.09. The number of imidazole rings is 1. The largest absolute Gasteiger partial charge is 0.306 e. The minimum atomic E-state index is -0.595. The van der Waals surface area contributed by atoms with Gasteiger partial charge >= 0.3 is 0 Å². The van der Waals surface area contributed by atoms with E-state index < -0.39 is 11.7 Å². The molecule has 0 bridgehead atoms. The number of H-pyrrole nitrogens is 1. The van der Waals surface area contributed by atoms with Crippen LogP contribution in [0.4, 0.5) is 10.2 Å². The molecule has 3 heterocycles. The maximum Gasteiger partial charge on any atom is 0.259 e. The van der Waals surface area contributed by atoms with Crippen LogP contribution in [0.5, 0.6) is 0 Å². The van der Waals surface area contributed by atoms with Crippen LogP contribution in [0.25, 0.3) is 17.2 Å². The first-order valence-electron chi connectivity index (χ1n) is 10.6. The zero-order chi connectivity index (χ0) is 22.7. The third-order valence-electron chi connectivity index (χ3n) is 5.05. The number of hydrogen-bond acceptors (Lipinski definition) is 5. The number of carbonyl (C=O) groups excluding carboxylic acids is 1. The van der Waals surface area contributed by atoms with Gasteiger partial charge in [-0.3, -0.25) is 9.89 Å². The first kappa shape index (κ1) is 21.4. The predicted molar refractivity (Wildman–Crippen MR) is 121 cm³/mol. The van der Waals surface area contributed by atoms with Crippen LogP contribution in [0.3, 0.4) is 0 Å². The number of halogens is 1. The number of aromatic nitrogens is 6. The molecular formula is C23H26FN7O. The number of aryl methyl sites for hydroxylation is 1. The Bertz CT molecular complexity index is 1240. The monoisotopic (exact) mass is 435 g/mol. The van der Waals surface area contributed by atoms with Gasteiger partial charge in [0.2, 0.25) is 0 Å². The fraction of sp³-hybridized carbons (Fsp3) is 0.261. The van der Waals surface area contributed by atoms with E-state index in [1.807, 2.05) is 24.6 Å². The van der Waals surface area contributed by atoms with E-state index in [0.717, 1.165) is 18.5 Å². The van der Waals surface area contributed by atoms with Crippen molar-refractivity contribution in [2.24, 2.45) is 0 Å². The molecule has 4 aromatic rings. The second-order valence-electron chi connectivity index (χ2n) is 7.29. The fourth-order valence-corrected chi connectivity index (χ4v) is 3.32. The molecule has 0 radical (unpaired) electrons. The van der Waals surface area contributed by atoms with Crippen molar-refractivity contribution >= 4 is 11.7 Å². The van der Waals surface area contributed by atoms with Crippen molar-refractivity contribution < 1.29 is 10.6 Å². The highest BCUT2D eigenvalue weighted by atomic mass is 19.1. The van der Waals surface area contributed by atoms with Crippen molar-refractivity contribution in [3.05, 3.63) is 71.8 Å². The van der Waals surface area contributed by atoms with Crippen LogP contribution in [0, 0.1) is 12.7 Å². The van der Waals surface area contributed by atoms with Gasteiger partial charge in [-0.2, -0.15) is 5.10 Å². The smallest absolute Gasteiger partial charge is 0.259 e. The fourth-order valence-electron chi connectivity index (χ4n) is 3.32. The van der Waals surface area contributed by atoms with Gasteiger partial charge in [0.05, 0.1) is 23.3 Å². The minimum absolute atomic E-state index is 0. The van der Waals surface area contributed by atoms with Crippen molar-refractivity contribution in [1.82, 2.24) is 29.7 Å². The van der Waals surface area contributed by atoms with E-state index in [2.05, 4.69) is 30.5 Å². The maximum absolute atomic E-state index is 14.6. The molecule has 1 aromatic carbocycles. The molecule has 0 unspecified atom stereocenters. The van der Waals surface area contributed by atoms with E-state index in [1.165, 1.54) is 12.4 Å². The third-order valence-corrected chi connectivity index (χ3v) is 5.05. The van der Waals surface area contributed by atoms with Gasteiger partial charge in [0.15, 0.2) is 5.82 Å². The number of rotatable bonds is 5. The van der Waals surface area contributed by atoms with Gasteiger partial charge in [-0.1, -0.05) is 19.9 Å². The Balaban J connectivity index is 0.000000994. The summed E-state index contributed by atoms with van der Waals surface area (Å²) in [5.41, 5.74) is 2.90. The summed E-state index contributed by atoms with van der Waals surface area (Å²) in [4.78, 5) is 25.6. The average molecular weight is 436 g/mol. The van der Waals surface area contributed by atoms with E-state index >= 15 is 0 Å². The first-order valence-corrected chi connectivity index (χ1v) is 10.6. The maximum atomic E-state index is 14.6. The van der Waals surface area contributed by atoms with Crippen LogP contribution in [0.15, 0.2) is 49.2 Å². The van der Waals surface area contributed by atoms with Crippen molar-refractivity contribution in [2.45, 2.75) is 39.5 Å². The van der Waals surface area contributed by atoms with Gasteiger partial charge in [0.25, 0.3) is 5.91 Å². The predicted octanol–water partition coefficient (Wildman–Crippen LogP) is 4.90. The summed E-state index contributed by atoms with van der Waals surface area (Å²) in [5.74, 6) is 0.0919. The molecule has 1 saturated carbocycles. The van der Waals surface area contributed by atoms with Crippen LogP contribution in [-0.2, 0) is 0 Å². The van der Waals surface area contributed by atoms with Gasteiger partial charge < -0.3 is 9.88 Å². The number of hydrogen-bond donors (Lipinski definition) is 2. The second-order valence-corrected chi connectivity index (χ2v) is 7.29. The van der Waals surface area contributed by atoms with E-state index in [0.29, 0.717) is 28.7 Å². The number of nitrogens with one attached hydrogen (secondary N) is 2. The normalized spacial score (nSPS) is 12.8. The van der Waals surface area contributed by atoms with Gasteiger partial charge in [-0.05, 0) is 49.6 Å². The molecule has 1 fully saturated rings. The molecule has 0 atom stereocenters. The lowest BCUT2D eigenvalue weighted by atomic mass is 10.1. The SMILES string of the molecule is CC.Cc1cc(F)c(C(=O)Nc2cccc(-c3ncn[nH]3)n2)cc1-n1cnc(C2CC2)c1.[HH]. The highest BCUT2D eigenvalue weighted by Gasteiger charge is 2.26. The van der Waals surface area contributed by atoms with Crippen molar-refractivity contribution in [3.8, 4) is 17.2 Å². The molecule has 1 aliphatic carbocycles. The van der Waals surface area contributed by atoms with E-state index in [-0.39, 0.29) is 12.8 Å². The summed E-state index contributed by atoms with van der Waals surface area (Å²) in [5, 5.41) is 9.16. The molecule has 166 valence electrons. The zero-order valence-electron chi connectivity index (χ0n) is 18.1. The molecule has 9 heteroatoms. The lowest BCUT2D eigenvalue weighted by Crippen LogP contribution is -2.16. The van der Waals surface area contributed by atoms with Gasteiger partial charge in [-0.25, -0.2) is 19.3 Å². The van der Waals surface area contributed by atoms with Crippen LogP contribution in [-0.4, -0.2) is 35.6 Å². The minimum Gasteiger partial charge on any atom is -0.306 e. The Hall–Kier alpha value is -3.88. The van der Waals surface area contributed by atoms with Gasteiger partial charge in [0, 0.05) is 13.5 Å². The highest BCUT2D eigenvalue weighted by molar-refractivity contribution is 6.04. The van der Waals surface area contributed by atoms with Crippen LogP contribution < -0.4 is 5.32 Å². The summed E-state index contributed by atoms with van der Waals surface area (Å²) in [6.07, 6.45) is 7.32. The molecule has 0 saturated heterocycles. The molecule has 0 spiro atoms. The topological polar surface area (TPSA) is 101 Å². The number of benzene rings is 1. The number of anilines is 1. The molecule has 8 nitrogen and oxygen atoms in total. The summed E-state index contributed by atoms with van der Waals surface area (Å²) in [7, 11) is 0. The van der Waals surface area contributed by atoms with E-state index in [1.54, 1.807) is 37.5 Å². The molecule has 0 aliphatic heterocycles. The number of amides is 1.